The van der Waals surface area contributed by atoms with Crippen LogP contribution in [0.1, 0.15) is 37.3 Å². The molecule has 2 aromatic rings. The van der Waals surface area contributed by atoms with Gasteiger partial charge in [0.15, 0.2) is 0 Å². The standard InChI is InChI=1S/C18H22ClNO/c1-3-4-5-12-20-17(11-10-16(13-19)18(20)21)15-8-6-14(2)7-9-15/h6-11H,3-5,12-13H2,1-2H3. The summed E-state index contributed by atoms with van der Waals surface area (Å²) in [5.74, 6) is 0.265. The molecule has 1 aromatic carbocycles. The molecule has 2 rings (SSSR count). The van der Waals surface area contributed by atoms with E-state index in [1.54, 1.807) is 0 Å². The highest BCUT2D eigenvalue weighted by Gasteiger charge is 2.09. The lowest BCUT2D eigenvalue weighted by Crippen LogP contribution is -2.24. The van der Waals surface area contributed by atoms with Gasteiger partial charge in [0.1, 0.15) is 0 Å². The van der Waals surface area contributed by atoms with E-state index in [2.05, 4.69) is 38.1 Å². The van der Waals surface area contributed by atoms with Crippen LogP contribution < -0.4 is 5.56 Å². The van der Waals surface area contributed by atoms with Crippen LogP contribution in [-0.4, -0.2) is 4.57 Å². The largest absolute Gasteiger partial charge is 0.308 e. The maximum absolute atomic E-state index is 12.5. The first-order valence-corrected chi connectivity index (χ1v) is 8.06. The minimum atomic E-state index is 0.0409. The first kappa shape index (κ1) is 15.8. The number of aryl methyl sites for hydroxylation is 1. The van der Waals surface area contributed by atoms with Crippen molar-refractivity contribution in [1.82, 2.24) is 4.57 Å². The van der Waals surface area contributed by atoms with Crippen LogP contribution in [0.3, 0.4) is 0 Å². The zero-order valence-corrected chi connectivity index (χ0v) is 13.5. The number of alkyl halides is 1. The van der Waals surface area contributed by atoms with Crippen LogP contribution in [0.4, 0.5) is 0 Å². The molecule has 0 fully saturated rings. The number of rotatable bonds is 6. The molecule has 0 N–H and O–H groups in total. The van der Waals surface area contributed by atoms with Crippen LogP contribution >= 0.6 is 11.6 Å². The maximum atomic E-state index is 12.5. The number of aromatic nitrogens is 1. The van der Waals surface area contributed by atoms with E-state index in [0.29, 0.717) is 5.56 Å². The van der Waals surface area contributed by atoms with Crippen molar-refractivity contribution in [2.24, 2.45) is 0 Å². The summed E-state index contributed by atoms with van der Waals surface area (Å²) >= 11 is 5.87. The topological polar surface area (TPSA) is 22.0 Å². The average Bonchev–Trinajstić information content (AvgIpc) is 2.50. The van der Waals surface area contributed by atoms with Gasteiger partial charge in [0.2, 0.25) is 0 Å². The Bertz CT molecular complexity index is 643. The number of hydrogen-bond donors (Lipinski definition) is 0. The Labute approximate surface area is 131 Å². The predicted octanol–water partition coefficient (Wildman–Crippen LogP) is 4.75. The molecule has 0 aliphatic heterocycles. The Morgan fingerprint density at radius 1 is 1.05 bits per heavy atom. The molecule has 1 aromatic heterocycles. The van der Waals surface area contributed by atoms with Crippen molar-refractivity contribution < 1.29 is 0 Å². The molecular formula is C18H22ClNO. The first-order valence-electron chi connectivity index (χ1n) is 7.53. The van der Waals surface area contributed by atoms with E-state index in [1.165, 1.54) is 5.56 Å². The molecule has 0 aliphatic carbocycles. The second kappa shape index (κ2) is 7.46. The summed E-state index contributed by atoms with van der Waals surface area (Å²) in [4.78, 5) is 12.5. The van der Waals surface area contributed by atoms with Gasteiger partial charge in [-0.3, -0.25) is 4.79 Å². The summed E-state index contributed by atoms with van der Waals surface area (Å²) in [6, 6.07) is 12.1. The van der Waals surface area contributed by atoms with Crippen LogP contribution in [0.2, 0.25) is 0 Å². The van der Waals surface area contributed by atoms with Crippen molar-refractivity contribution in [3.05, 3.63) is 57.9 Å². The summed E-state index contributed by atoms with van der Waals surface area (Å²) in [7, 11) is 0. The zero-order chi connectivity index (χ0) is 15.2. The highest BCUT2D eigenvalue weighted by molar-refractivity contribution is 6.17. The predicted molar refractivity (Wildman–Crippen MR) is 90.0 cm³/mol. The molecule has 0 aliphatic rings. The second-order valence-electron chi connectivity index (χ2n) is 5.41. The molecular weight excluding hydrogens is 282 g/mol. The van der Waals surface area contributed by atoms with Gasteiger partial charge in [-0.2, -0.15) is 0 Å². The third-order valence-corrected chi connectivity index (χ3v) is 4.02. The van der Waals surface area contributed by atoms with Gasteiger partial charge in [-0.25, -0.2) is 0 Å². The lowest BCUT2D eigenvalue weighted by atomic mass is 10.1. The Morgan fingerprint density at radius 2 is 1.76 bits per heavy atom. The molecule has 0 atom stereocenters. The van der Waals surface area contributed by atoms with Gasteiger partial charge >= 0.3 is 0 Å². The van der Waals surface area contributed by atoms with Crippen LogP contribution in [-0.2, 0) is 12.4 Å². The number of unbranched alkanes of at least 4 members (excludes halogenated alkanes) is 2. The van der Waals surface area contributed by atoms with Gasteiger partial charge in [-0.05, 0) is 25.0 Å². The van der Waals surface area contributed by atoms with Gasteiger partial charge in [0.25, 0.3) is 5.56 Å². The average molecular weight is 304 g/mol. The fourth-order valence-electron chi connectivity index (χ4n) is 2.44. The normalized spacial score (nSPS) is 10.8. The Balaban J connectivity index is 2.46. The van der Waals surface area contributed by atoms with Crippen molar-refractivity contribution >= 4 is 11.6 Å². The zero-order valence-electron chi connectivity index (χ0n) is 12.7. The molecule has 0 saturated carbocycles. The van der Waals surface area contributed by atoms with Crippen LogP contribution in [0.25, 0.3) is 11.3 Å². The van der Waals surface area contributed by atoms with Crippen molar-refractivity contribution in [1.29, 1.82) is 0 Å². The number of hydrogen-bond acceptors (Lipinski definition) is 1. The fourth-order valence-corrected chi connectivity index (χ4v) is 2.65. The fraction of sp³-hybridized carbons (Fsp3) is 0.389. The molecule has 112 valence electrons. The molecule has 1 heterocycles. The van der Waals surface area contributed by atoms with Crippen molar-refractivity contribution in [2.45, 2.75) is 45.5 Å². The summed E-state index contributed by atoms with van der Waals surface area (Å²) in [5.41, 5.74) is 3.99. The van der Waals surface area contributed by atoms with Crippen molar-refractivity contribution in [3.63, 3.8) is 0 Å². The molecule has 21 heavy (non-hydrogen) atoms. The third kappa shape index (κ3) is 3.76. The number of benzene rings is 1. The minimum Gasteiger partial charge on any atom is -0.308 e. The number of nitrogens with zero attached hydrogens (tertiary/aromatic N) is 1. The molecule has 0 amide bonds. The number of halogens is 1. The van der Waals surface area contributed by atoms with Gasteiger partial charge in [-0.1, -0.05) is 55.7 Å². The highest BCUT2D eigenvalue weighted by atomic mass is 35.5. The van der Waals surface area contributed by atoms with E-state index in [1.807, 2.05) is 16.7 Å². The maximum Gasteiger partial charge on any atom is 0.255 e. The van der Waals surface area contributed by atoms with E-state index in [0.717, 1.165) is 37.1 Å². The molecule has 3 heteroatoms. The van der Waals surface area contributed by atoms with E-state index in [-0.39, 0.29) is 11.4 Å². The second-order valence-corrected chi connectivity index (χ2v) is 5.67. The smallest absolute Gasteiger partial charge is 0.255 e. The lowest BCUT2D eigenvalue weighted by Gasteiger charge is -2.14. The van der Waals surface area contributed by atoms with E-state index >= 15 is 0 Å². The molecule has 0 saturated heterocycles. The lowest BCUT2D eigenvalue weighted by molar-refractivity contribution is 0.590. The highest BCUT2D eigenvalue weighted by Crippen LogP contribution is 2.20. The monoisotopic (exact) mass is 303 g/mol. The molecule has 0 radical (unpaired) electrons. The molecule has 2 nitrogen and oxygen atoms in total. The quantitative estimate of drug-likeness (QED) is 0.557. The van der Waals surface area contributed by atoms with Gasteiger partial charge < -0.3 is 4.57 Å². The summed E-state index contributed by atoms with van der Waals surface area (Å²) in [6.07, 6.45) is 3.29. The van der Waals surface area contributed by atoms with Crippen LogP contribution in [0, 0.1) is 6.92 Å². The van der Waals surface area contributed by atoms with Gasteiger partial charge in [0.05, 0.1) is 11.6 Å². The van der Waals surface area contributed by atoms with E-state index < -0.39 is 0 Å². The summed E-state index contributed by atoms with van der Waals surface area (Å²) < 4.78 is 1.87. The third-order valence-electron chi connectivity index (χ3n) is 3.73. The Hall–Kier alpha value is -1.54. The van der Waals surface area contributed by atoms with Gasteiger partial charge in [-0.15, -0.1) is 11.6 Å². The molecule has 0 spiro atoms. The van der Waals surface area contributed by atoms with Crippen molar-refractivity contribution in [3.8, 4) is 11.3 Å². The summed E-state index contributed by atoms with van der Waals surface area (Å²) in [6.45, 7) is 4.98. The van der Waals surface area contributed by atoms with Crippen LogP contribution in [0.5, 0.6) is 0 Å². The van der Waals surface area contributed by atoms with Crippen LogP contribution in [0.15, 0.2) is 41.2 Å². The summed E-state index contributed by atoms with van der Waals surface area (Å²) in [5, 5.41) is 0. The van der Waals surface area contributed by atoms with E-state index in [9.17, 15) is 4.79 Å². The Morgan fingerprint density at radius 3 is 2.38 bits per heavy atom. The number of pyridine rings is 1. The van der Waals surface area contributed by atoms with Crippen molar-refractivity contribution in [2.75, 3.05) is 0 Å². The molecule has 0 bridgehead atoms. The molecule has 0 unspecified atom stereocenters. The first-order chi connectivity index (χ1) is 10.2. The van der Waals surface area contributed by atoms with Gasteiger partial charge in [0, 0.05) is 12.1 Å². The minimum absolute atomic E-state index is 0.0409. The van der Waals surface area contributed by atoms with E-state index in [4.69, 9.17) is 11.6 Å². The Kier molecular flexibility index (Phi) is 5.63. The SMILES string of the molecule is CCCCCn1c(-c2ccc(C)cc2)ccc(CCl)c1=O.